The molecule has 0 aliphatic heterocycles. The quantitative estimate of drug-likeness (QED) is 0.746. The van der Waals surface area contributed by atoms with Crippen molar-refractivity contribution in [2.75, 3.05) is 31.5 Å². The largest absolute Gasteiger partial charge is 0.338 e. The third kappa shape index (κ3) is 6.20. The molecule has 4 nitrogen and oxygen atoms in total. The summed E-state index contributed by atoms with van der Waals surface area (Å²) in [6, 6.07) is 5.44. The van der Waals surface area contributed by atoms with E-state index in [9.17, 15) is 9.18 Å². The van der Waals surface area contributed by atoms with Crippen molar-refractivity contribution in [2.24, 2.45) is 0 Å². The minimum absolute atomic E-state index is 0.258. The van der Waals surface area contributed by atoms with E-state index in [0.717, 1.165) is 26.1 Å². The van der Waals surface area contributed by atoms with E-state index in [2.05, 4.69) is 29.4 Å². The van der Waals surface area contributed by atoms with Crippen molar-refractivity contribution in [3.8, 4) is 0 Å². The number of rotatable bonds is 7. The van der Waals surface area contributed by atoms with Crippen LogP contribution in [0.15, 0.2) is 24.3 Å². The Morgan fingerprint density at radius 1 is 1.21 bits per heavy atom. The lowest BCUT2D eigenvalue weighted by Gasteiger charge is -2.17. The standard InChI is InChI=1S/C14H22FN3O/c1-3-18(4-2)11-5-10-16-14(19)17-13-8-6-12(15)7-9-13/h6-9H,3-5,10-11H2,1-2H3,(H2,16,17,19). The fourth-order valence-corrected chi connectivity index (χ4v) is 1.75. The van der Waals surface area contributed by atoms with Crippen molar-refractivity contribution in [2.45, 2.75) is 20.3 Å². The van der Waals surface area contributed by atoms with E-state index in [0.29, 0.717) is 12.2 Å². The molecular weight excluding hydrogens is 245 g/mol. The Hall–Kier alpha value is -1.62. The van der Waals surface area contributed by atoms with E-state index in [4.69, 9.17) is 0 Å². The Labute approximate surface area is 114 Å². The molecule has 0 saturated carbocycles. The van der Waals surface area contributed by atoms with Crippen LogP contribution in [0.3, 0.4) is 0 Å². The number of carbonyl (C=O) groups is 1. The van der Waals surface area contributed by atoms with Crippen molar-refractivity contribution in [1.29, 1.82) is 0 Å². The summed E-state index contributed by atoms with van der Waals surface area (Å²) in [6.45, 7) is 7.90. The summed E-state index contributed by atoms with van der Waals surface area (Å²) in [5.41, 5.74) is 0.586. The molecule has 19 heavy (non-hydrogen) atoms. The highest BCUT2D eigenvalue weighted by Crippen LogP contribution is 2.07. The van der Waals surface area contributed by atoms with Gasteiger partial charge in [-0.25, -0.2) is 9.18 Å². The van der Waals surface area contributed by atoms with Gasteiger partial charge >= 0.3 is 6.03 Å². The molecule has 0 radical (unpaired) electrons. The van der Waals surface area contributed by atoms with Crippen LogP contribution in [0.5, 0.6) is 0 Å². The molecule has 2 N–H and O–H groups in total. The predicted molar refractivity (Wildman–Crippen MR) is 75.8 cm³/mol. The van der Waals surface area contributed by atoms with Gasteiger partial charge in [-0.1, -0.05) is 13.8 Å². The molecule has 0 aliphatic rings. The zero-order valence-electron chi connectivity index (χ0n) is 11.6. The molecule has 0 atom stereocenters. The fourth-order valence-electron chi connectivity index (χ4n) is 1.75. The van der Waals surface area contributed by atoms with E-state index in [-0.39, 0.29) is 11.8 Å². The second kappa shape index (κ2) is 8.48. The smallest absolute Gasteiger partial charge is 0.319 e. The lowest BCUT2D eigenvalue weighted by Crippen LogP contribution is -2.32. The first-order valence-electron chi connectivity index (χ1n) is 6.68. The zero-order valence-corrected chi connectivity index (χ0v) is 11.6. The Balaban J connectivity index is 2.19. The highest BCUT2D eigenvalue weighted by atomic mass is 19.1. The van der Waals surface area contributed by atoms with Crippen molar-refractivity contribution < 1.29 is 9.18 Å². The Morgan fingerprint density at radius 2 is 1.84 bits per heavy atom. The summed E-state index contributed by atoms with van der Waals surface area (Å²) >= 11 is 0. The molecule has 1 aromatic carbocycles. The minimum atomic E-state index is -0.315. The minimum Gasteiger partial charge on any atom is -0.338 e. The van der Waals surface area contributed by atoms with Crippen LogP contribution in [0.25, 0.3) is 0 Å². The molecule has 1 rings (SSSR count). The van der Waals surface area contributed by atoms with Gasteiger partial charge < -0.3 is 15.5 Å². The van der Waals surface area contributed by atoms with Gasteiger partial charge in [0.1, 0.15) is 5.82 Å². The van der Waals surface area contributed by atoms with Gasteiger partial charge in [-0.05, 0) is 50.3 Å². The summed E-state index contributed by atoms with van der Waals surface area (Å²) < 4.78 is 12.7. The van der Waals surface area contributed by atoms with Crippen LogP contribution in [0.4, 0.5) is 14.9 Å². The molecular formula is C14H22FN3O. The van der Waals surface area contributed by atoms with Gasteiger partial charge in [-0.2, -0.15) is 0 Å². The maximum atomic E-state index is 12.7. The van der Waals surface area contributed by atoms with E-state index in [1.54, 1.807) is 0 Å². The number of hydrogen-bond acceptors (Lipinski definition) is 2. The van der Waals surface area contributed by atoms with Gasteiger partial charge in [-0.15, -0.1) is 0 Å². The molecule has 0 heterocycles. The van der Waals surface area contributed by atoms with Crippen LogP contribution in [0, 0.1) is 5.82 Å². The number of nitrogens with one attached hydrogen (secondary N) is 2. The number of hydrogen-bond donors (Lipinski definition) is 2. The van der Waals surface area contributed by atoms with Crippen LogP contribution in [0.2, 0.25) is 0 Å². The first-order valence-corrected chi connectivity index (χ1v) is 6.68. The zero-order chi connectivity index (χ0) is 14.1. The number of anilines is 1. The van der Waals surface area contributed by atoms with Crippen molar-refractivity contribution in [3.05, 3.63) is 30.1 Å². The second-order valence-corrected chi connectivity index (χ2v) is 4.27. The number of amides is 2. The number of nitrogens with zero attached hydrogens (tertiary/aromatic N) is 1. The van der Waals surface area contributed by atoms with E-state index in [1.165, 1.54) is 24.3 Å². The SMILES string of the molecule is CCN(CC)CCCNC(=O)Nc1ccc(F)cc1. The van der Waals surface area contributed by atoms with Gasteiger partial charge in [0.2, 0.25) is 0 Å². The lowest BCUT2D eigenvalue weighted by atomic mass is 10.3. The van der Waals surface area contributed by atoms with Gasteiger partial charge in [-0.3, -0.25) is 0 Å². The third-order valence-electron chi connectivity index (χ3n) is 2.93. The number of halogens is 1. The molecule has 0 spiro atoms. The molecule has 0 unspecified atom stereocenters. The Morgan fingerprint density at radius 3 is 2.42 bits per heavy atom. The summed E-state index contributed by atoms with van der Waals surface area (Å²) in [5.74, 6) is -0.315. The van der Waals surface area contributed by atoms with E-state index in [1.807, 2.05) is 0 Å². The topological polar surface area (TPSA) is 44.4 Å². The van der Waals surface area contributed by atoms with E-state index >= 15 is 0 Å². The van der Waals surface area contributed by atoms with Gasteiger partial charge in [0.05, 0.1) is 0 Å². The molecule has 0 aromatic heterocycles. The predicted octanol–water partition coefficient (Wildman–Crippen LogP) is 2.68. The number of carbonyl (C=O) groups excluding carboxylic acids is 1. The normalized spacial score (nSPS) is 10.5. The summed E-state index contributed by atoms with van der Waals surface area (Å²) in [4.78, 5) is 13.9. The fraction of sp³-hybridized carbons (Fsp3) is 0.500. The maximum absolute atomic E-state index is 12.7. The van der Waals surface area contributed by atoms with Gasteiger partial charge in [0.25, 0.3) is 0 Å². The average Bonchev–Trinajstić information content (AvgIpc) is 2.42. The lowest BCUT2D eigenvalue weighted by molar-refractivity contribution is 0.250. The summed E-state index contributed by atoms with van der Waals surface area (Å²) in [5, 5.41) is 5.43. The summed E-state index contributed by atoms with van der Waals surface area (Å²) in [6.07, 6.45) is 0.915. The maximum Gasteiger partial charge on any atom is 0.319 e. The van der Waals surface area contributed by atoms with Gasteiger partial charge in [0.15, 0.2) is 0 Å². The highest BCUT2D eigenvalue weighted by molar-refractivity contribution is 5.89. The molecule has 5 heteroatoms. The van der Waals surface area contributed by atoms with Crippen LogP contribution in [-0.2, 0) is 0 Å². The summed E-state index contributed by atoms with van der Waals surface area (Å²) in [7, 11) is 0. The third-order valence-corrected chi connectivity index (χ3v) is 2.93. The molecule has 0 bridgehead atoms. The molecule has 0 aliphatic carbocycles. The molecule has 0 fully saturated rings. The van der Waals surface area contributed by atoms with Crippen LogP contribution in [-0.4, -0.2) is 37.1 Å². The monoisotopic (exact) mass is 267 g/mol. The van der Waals surface area contributed by atoms with Crippen molar-refractivity contribution in [3.63, 3.8) is 0 Å². The van der Waals surface area contributed by atoms with Gasteiger partial charge in [0, 0.05) is 12.2 Å². The average molecular weight is 267 g/mol. The highest BCUT2D eigenvalue weighted by Gasteiger charge is 2.02. The van der Waals surface area contributed by atoms with Crippen molar-refractivity contribution >= 4 is 11.7 Å². The molecule has 1 aromatic rings. The molecule has 2 amide bonds. The van der Waals surface area contributed by atoms with Crippen molar-refractivity contribution in [1.82, 2.24) is 10.2 Å². The Bertz CT molecular complexity index is 377. The molecule has 106 valence electrons. The number of benzene rings is 1. The van der Waals surface area contributed by atoms with E-state index < -0.39 is 0 Å². The van der Waals surface area contributed by atoms with Crippen LogP contribution < -0.4 is 10.6 Å². The van der Waals surface area contributed by atoms with Crippen LogP contribution >= 0.6 is 0 Å². The Kier molecular flexibility index (Phi) is 6.89. The van der Waals surface area contributed by atoms with Crippen LogP contribution in [0.1, 0.15) is 20.3 Å². The molecule has 0 saturated heterocycles. The second-order valence-electron chi connectivity index (χ2n) is 4.27. The first kappa shape index (κ1) is 15.4. The first-order chi connectivity index (χ1) is 9.15. The number of urea groups is 1.